The third-order valence-corrected chi connectivity index (χ3v) is 3.78. The van der Waals surface area contributed by atoms with E-state index in [0.29, 0.717) is 6.42 Å². The Morgan fingerprint density at radius 2 is 1.89 bits per heavy atom. The fraction of sp³-hybridized carbons (Fsp3) is 0.312. The van der Waals surface area contributed by atoms with Gasteiger partial charge in [0, 0.05) is 23.4 Å². The molecule has 2 aromatic rings. The number of benzene rings is 1. The molecule has 1 heterocycles. The summed E-state index contributed by atoms with van der Waals surface area (Å²) in [6, 6.07) is 7.96. The van der Waals surface area contributed by atoms with Crippen LogP contribution in [0, 0.1) is 6.92 Å². The second kappa shape index (κ2) is 4.57. The van der Waals surface area contributed by atoms with E-state index >= 15 is 0 Å². The van der Waals surface area contributed by atoms with Crippen LogP contribution < -0.4 is 4.74 Å². The van der Waals surface area contributed by atoms with E-state index in [-0.39, 0.29) is 5.78 Å². The largest absolute Gasteiger partial charge is 0.497 e. The molecule has 0 radical (unpaired) electrons. The van der Waals surface area contributed by atoms with Crippen LogP contribution in [-0.4, -0.2) is 17.9 Å². The number of hydrogen-bond donors (Lipinski definition) is 1. The average Bonchev–Trinajstić information content (AvgIpc) is 2.78. The minimum Gasteiger partial charge on any atom is -0.497 e. The highest BCUT2D eigenvalue weighted by Gasteiger charge is 2.24. The molecule has 19 heavy (non-hydrogen) atoms. The predicted molar refractivity (Wildman–Crippen MR) is 74.8 cm³/mol. The summed E-state index contributed by atoms with van der Waals surface area (Å²) in [5.41, 5.74) is 5.28. The van der Waals surface area contributed by atoms with Crippen molar-refractivity contribution < 1.29 is 9.53 Å². The summed E-state index contributed by atoms with van der Waals surface area (Å²) in [7, 11) is 1.66. The molecular formula is C16H17NO2. The van der Waals surface area contributed by atoms with Crippen LogP contribution in [0.1, 0.15) is 34.5 Å². The fourth-order valence-corrected chi connectivity index (χ4v) is 2.86. The van der Waals surface area contributed by atoms with Crippen LogP contribution in [0.15, 0.2) is 24.3 Å². The number of aromatic amines is 1. The number of rotatable bonds is 2. The molecule has 0 unspecified atom stereocenters. The van der Waals surface area contributed by atoms with Gasteiger partial charge in [0.2, 0.25) is 0 Å². The van der Waals surface area contributed by atoms with Gasteiger partial charge in [-0.3, -0.25) is 4.79 Å². The molecule has 1 aliphatic rings. The predicted octanol–water partition coefficient (Wildman–Crippen LogP) is 3.52. The van der Waals surface area contributed by atoms with Gasteiger partial charge >= 0.3 is 0 Å². The van der Waals surface area contributed by atoms with Crippen LogP contribution in [0.25, 0.3) is 11.3 Å². The molecule has 1 aromatic carbocycles. The minimum absolute atomic E-state index is 0.273. The van der Waals surface area contributed by atoms with E-state index in [1.54, 1.807) is 7.11 Å². The smallest absolute Gasteiger partial charge is 0.164 e. The number of fused-ring (bicyclic) bond motifs is 1. The number of aromatic nitrogens is 1. The lowest BCUT2D eigenvalue weighted by molar-refractivity contribution is 0.0972. The Balaban J connectivity index is 2.10. The summed E-state index contributed by atoms with van der Waals surface area (Å²) in [4.78, 5) is 15.4. The maximum atomic E-state index is 12.0. The van der Waals surface area contributed by atoms with Crippen molar-refractivity contribution in [3.8, 4) is 17.0 Å². The number of methoxy groups -OCH3 is 1. The number of nitrogens with one attached hydrogen (secondary N) is 1. The van der Waals surface area contributed by atoms with Gasteiger partial charge in [-0.15, -0.1) is 0 Å². The molecule has 3 nitrogen and oxygen atoms in total. The Bertz CT molecular complexity index is 623. The summed E-state index contributed by atoms with van der Waals surface area (Å²) in [6.45, 7) is 1.98. The molecule has 0 amide bonds. The van der Waals surface area contributed by atoms with Gasteiger partial charge in [0.15, 0.2) is 5.78 Å². The van der Waals surface area contributed by atoms with Crippen LogP contribution in [0.3, 0.4) is 0 Å². The lowest BCUT2D eigenvalue weighted by atomic mass is 9.90. The van der Waals surface area contributed by atoms with Crippen molar-refractivity contribution in [3.63, 3.8) is 0 Å². The van der Waals surface area contributed by atoms with Crippen molar-refractivity contribution in [1.82, 2.24) is 4.98 Å². The second-order valence-electron chi connectivity index (χ2n) is 4.98. The molecule has 1 N–H and O–H groups in total. The topological polar surface area (TPSA) is 42.1 Å². The average molecular weight is 255 g/mol. The number of aryl methyl sites for hydroxylation is 1. The third-order valence-electron chi connectivity index (χ3n) is 3.78. The zero-order valence-electron chi connectivity index (χ0n) is 11.2. The Labute approximate surface area is 112 Å². The number of H-pyrrole nitrogens is 1. The standard InChI is InChI=1S/C16H17NO2/c1-10-15-13(4-3-5-14(15)18)16(17-10)11-6-8-12(19-2)9-7-11/h6-9,17H,3-5H2,1-2H3. The van der Waals surface area contributed by atoms with E-state index in [9.17, 15) is 4.79 Å². The first kappa shape index (κ1) is 12.0. The van der Waals surface area contributed by atoms with E-state index < -0.39 is 0 Å². The molecule has 1 aliphatic carbocycles. The molecule has 0 bridgehead atoms. The van der Waals surface area contributed by atoms with Crippen LogP contribution in [0.5, 0.6) is 5.75 Å². The van der Waals surface area contributed by atoms with Crippen LogP contribution in [0.2, 0.25) is 0 Å². The van der Waals surface area contributed by atoms with E-state index in [4.69, 9.17) is 4.74 Å². The van der Waals surface area contributed by atoms with Gasteiger partial charge in [0.05, 0.1) is 7.11 Å². The number of carbonyl (C=O) groups excluding carboxylic acids is 1. The van der Waals surface area contributed by atoms with Crippen molar-refractivity contribution in [1.29, 1.82) is 0 Å². The van der Waals surface area contributed by atoms with E-state index in [1.807, 2.05) is 31.2 Å². The summed E-state index contributed by atoms with van der Waals surface area (Å²) in [6.07, 6.45) is 2.60. The first-order valence-electron chi connectivity index (χ1n) is 6.59. The molecule has 0 saturated carbocycles. The summed E-state index contributed by atoms with van der Waals surface area (Å²) >= 11 is 0. The van der Waals surface area contributed by atoms with Crippen LogP contribution in [0.4, 0.5) is 0 Å². The molecular weight excluding hydrogens is 238 g/mol. The SMILES string of the molecule is COc1ccc(-c2[nH]c(C)c3c2CCCC3=O)cc1. The fourth-order valence-electron chi connectivity index (χ4n) is 2.86. The molecule has 0 aliphatic heterocycles. The van der Waals surface area contributed by atoms with Gasteiger partial charge in [0.1, 0.15) is 5.75 Å². The Hall–Kier alpha value is -2.03. The zero-order valence-corrected chi connectivity index (χ0v) is 11.2. The molecule has 0 spiro atoms. The summed E-state index contributed by atoms with van der Waals surface area (Å²) in [5, 5.41) is 0. The first-order chi connectivity index (χ1) is 9.20. The molecule has 98 valence electrons. The number of hydrogen-bond acceptors (Lipinski definition) is 2. The van der Waals surface area contributed by atoms with Crippen molar-refractivity contribution in [2.75, 3.05) is 7.11 Å². The monoisotopic (exact) mass is 255 g/mol. The van der Waals surface area contributed by atoms with Crippen molar-refractivity contribution >= 4 is 5.78 Å². The molecule has 1 aromatic heterocycles. The van der Waals surface area contributed by atoms with E-state index in [1.165, 1.54) is 5.56 Å². The van der Waals surface area contributed by atoms with Gasteiger partial charge < -0.3 is 9.72 Å². The van der Waals surface area contributed by atoms with Gasteiger partial charge in [-0.1, -0.05) is 0 Å². The van der Waals surface area contributed by atoms with Crippen molar-refractivity contribution in [2.24, 2.45) is 0 Å². The number of ether oxygens (including phenoxy) is 1. The summed E-state index contributed by atoms with van der Waals surface area (Å²) < 4.78 is 5.18. The Morgan fingerprint density at radius 1 is 1.16 bits per heavy atom. The third kappa shape index (κ3) is 1.95. The highest BCUT2D eigenvalue weighted by atomic mass is 16.5. The van der Waals surface area contributed by atoms with Crippen LogP contribution in [-0.2, 0) is 6.42 Å². The van der Waals surface area contributed by atoms with Gasteiger partial charge in [0.25, 0.3) is 0 Å². The number of carbonyl (C=O) groups is 1. The summed E-state index contributed by atoms with van der Waals surface area (Å²) in [5.74, 6) is 1.12. The first-order valence-corrected chi connectivity index (χ1v) is 6.59. The Kier molecular flexibility index (Phi) is 2.90. The lowest BCUT2D eigenvalue weighted by Crippen LogP contribution is -2.09. The maximum Gasteiger partial charge on any atom is 0.164 e. The number of ketones is 1. The number of Topliss-reactive ketones (excluding diaryl/α,β-unsaturated/α-hetero) is 1. The van der Waals surface area contributed by atoms with E-state index in [0.717, 1.165) is 41.1 Å². The zero-order chi connectivity index (χ0) is 13.4. The quantitative estimate of drug-likeness (QED) is 0.892. The van der Waals surface area contributed by atoms with Gasteiger partial charge in [-0.2, -0.15) is 0 Å². The minimum atomic E-state index is 0.273. The second-order valence-corrected chi connectivity index (χ2v) is 4.98. The maximum absolute atomic E-state index is 12.0. The molecule has 0 saturated heterocycles. The van der Waals surface area contributed by atoms with Crippen molar-refractivity contribution in [2.45, 2.75) is 26.2 Å². The molecule has 0 atom stereocenters. The molecule has 3 heteroatoms. The lowest BCUT2D eigenvalue weighted by Gasteiger charge is -2.12. The Morgan fingerprint density at radius 3 is 2.58 bits per heavy atom. The molecule has 3 rings (SSSR count). The molecule has 0 fully saturated rings. The van der Waals surface area contributed by atoms with E-state index in [2.05, 4.69) is 4.98 Å². The highest BCUT2D eigenvalue weighted by Crippen LogP contribution is 2.34. The normalized spacial score (nSPS) is 14.3. The highest BCUT2D eigenvalue weighted by molar-refractivity contribution is 6.01. The van der Waals surface area contributed by atoms with Gasteiger partial charge in [-0.05, 0) is 55.2 Å². The van der Waals surface area contributed by atoms with Crippen molar-refractivity contribution in [3.05, 3.63) is 41.1 Å². The van der Waals surface area contributed by atoms with Crippen LogP contribution >= 0.6 is 0 Å². The van der Waals surface area contributed by atoms with Gasteiger partial charge in [-0.25, -0.2) is 0 Å².